The number of nitro groups is 1. The van der Waals surface area contributed by atoms with Crippen LogP contribution in [-0.4, -0.2) is 39.1 Å². The summed E-state index contributed by atoms with van der Waals surface area (Å²) in [6.07, 6.45) is 1.50. The molecule has 102 valence electrons. The standard InChI is InChI=1S/C12H10N4O4/c17-12(18)7-5-15(6-7)11-4-13-10-3-8(16(19)20)1-2-9(10)14-11/h1-4,7H,5-6H2,(H,17,18). The number of hydrogen-bond acceptors (Lipinski definition) is 6. The molecular formula is C12H10N4O4. The number of anilines is 1. The zero-order valence-corrected chi connectivity index (χ0v) is 10.3. The molecule has 1 fully saturated rings. The van der Waals surface area contributed by atoms with E-state index in [-0.39, 0.29) is 11.6 Å². The molecule has 1 N–H and O–H groups in total. The first-order valence-corrected chi connectivity index (χ1v) is 5.93. The molecule has 0 saturated carbocycles. The predicted molar refractivity (Wildman–Crippen MR) is 69.5 cm³/mol. The van der Waals surface area contributed by atoms with Crippen LogP contribution in [0.1, 0.15) is 0 Å². The largest absolute Gasteiger partial charge is 0.481 e. The van der Waals surface area contributed by atoms with Gasteiger partial charge in [0.15, 0.2) is 0 Å². The van der Waals surface area contributed by atoms with Crippen molar-refractivity contribution in [3.05, 3.63) is 34.5 Å². The molecule has 0 atom stereocenters. The maximum Gasteiger partial charge on any atom is 0.310 e. The number of rotatable bonds is 3. The summed E-state index contributed by atoms with van der Waals surface area (Å²) in [5.41, 5.74) is 0.958. The van der Waals surface area contributed by atoms with Crippen molar-refractivity contribution in [3.63, 3.8) is 0 Å². The van der Waals surface area contributed by atoms with Gasteiger partial charge in [0.05, 0.1) is 28.1 Å². The minimum Gasteiger partial charge on any atom is -0.481 e. The minimum absolute atomic E-state index is 0.0329. The molecule has 0 amide bonds. The highest BCUT2D eigenvalue weighted by Gasteiger charge is 2.33. The fraction of sp³-hybridized carbons (Fsp3) is 0.250. The lowest BCUT2D eigenvalue weighted by molar-refractivity contribution is -0.384. The van der Waals surface area contributed by atoms with Crippen molar-refractivity contribution in [3.8, 4) is 0 Å². The van der Waals surface area contributed by atoms with E-state index in [1.165, 1.54) is 18.3 Å². The second-order valence-electron chi connectivity index (χ2n) is 4.60. The highest BCUT2D eigenvalue weighted by molar-refractivity contribution is 5.79. The zero-order valence-electron chi connectivity index (χ0n) is 10.3. The topological polar surface area (TPSA) is 109 Å². The first kappa shape index (κ1) is 12.3. The summed E-state index contributed by atoms with van der Waals surface area (Å²) in [6.45, 7) is 0.811. The molecule has 20 heavy (non-hydrogen) atoms. The van der Waals surface area contributed by atoms with Gasteiger partial charge in [-0.15, -0.1) is 0 Å². The fourth-order valence-electron chi connectivity index (χ4n) is 2.08. The van der Waals surface area contributed by atoms with Crippen LogP contribution in [0.5, 0.6) is 0 Å². The van der Waals surface area contributed by atoms with E-state index in [1.807, 2.05) is 4.90 Å². The molecule has 8 heteroatoms. The van der Waals surface area contributed by atoms with Gasteiger partial charge in [-0.3, -0.25) is 19.9 Å². The van der Waals surface area contributed by atoms with Crippen LogP contribution in [0.4, 0.5) is 11.5 Å². The molecule has 1 aliphatic rings. The third-order valence-electron chi connectivity index (χ3n) is 3.28. The Morgan fingerprint density at radius 3 is 2.80 bits per heavy atom. The van der Waals surface area contributed by atoms with Crippen molar-refractivity contribution >= 4 is 28.5 Å². The van der Waals surface area contributed by atoms with Crippen LogP contribution in [0.2, 0.25) is 0 Å². The molecule has 2 heterocycles. The van der Waals surface area contributed by atoms with Gasteiger partial charge in [-0.25, -0.2) is 4.98 Å². The number of nitrogens with zero attached hydrogens (tertiary/aromatic N) is 4. The van der Waals surface area contributed by atoms with E-state index in [2.05, 4.69) is 9.97 Å². The van der Waals surface area contributed by atoms with E-state index in [0.717, 1.165) is 0 Å². The Hall–Kier alpha value is -2.77. The van der Waals surface area contributed by atoms with E-state index in [0.29, 0.717) is 29.9 Å². The Balaban J connectivity index is 1.87. The molecule has 1 aromatic carbocycles. The number of non-ortho nitro benzene ring substituents is 1. The van der Waals surface area contributed by atoms with Gasteiger partial charge in [-0.1, -0.05) is 0 Å². The monoisotopic (exact) mass is 274 g/mol. The summed E-state index contributed by atoms with van der Waals surface area (Å²) < 4.78 is 0. The molecule has 2 aromatic rings. The number of carbonyl (C=O) groups is 1. The van der Waals surface area contributed by atoms with Crippen molar-refractivity contribution < 1.29 is 14.8 Å². The summed E-state index contributed by atoms with van der Waals surface area (Å²) in [7, 11) is 0. The number of carboxylic acids is 1. The summed E-state index contributed by atoms with van der Waals surface area (Å²) in [5.74, 6) is -0.598. The van der Waals surface area contributed by atoms with Gasteiger partial charge < -0.3 is 10.0 Å². The molecule has 1 aromatic heterocycles. The third kappa shape index (κ3) is 2.00. The second kappa shape index (κ2) is 4.41. The lowest BCUT2D eigenvalue weighted by Crippen LogP contribution is -2.50. The van der Waals surface area contributed by atoms with Gasteiger partial charge in [-0.05, 0) is 6.07 Å². The SMILES string of the molecule is O=C(O)C1CN(c2cnc3cc([N+](=O)[O-])ccc3n2)C1. The summed E-state index contributed by atoms with van der Waals surface area (Å²) in [4.78, 5) is 31.2. The van der Waals surface area contributed by atoms with Crippen LogP contribution in [0.15, 0.2) is 24.4 Å². The highest BCUT2D eigenvalue weighted by atomic mass is 16.6. The number of aliphatic carboxylic acids is 1. The normalized spacial score (nSPS) is 15.1. The van der Waals surface area contributed by atoms with E-state index >= 15 is 0 Å². The number of benzene rings is 1. The molecule has 0 bridgehead atoms. The molecule has 0 radical (unpaired) electrons. The van der Waals surface area contributed by atoms with Gasteiger partial charge in [0.1, 0.15) is 5.82 Å². The van der Waals surface area contributed by atoms with Gasteiger partial charge in [0, 0.05) is 25.2 Å². The molecule has 8 nitrogen and oxygen atoms in total. The number of nitro benzene ring substituents is 1. The highest BCUT2D eigenvalue weighted by Crippen LogP contribution is 2.25. The fourth-order valence-corrected chi connectivity index (χ4v) is 2.08. The Bertz CT molecular complexity index is 712. The van der Waals surface area contributed by atoms with Crippen molar-refractivity contribution in [2.24, 2.45) is 5.92 Å². The first-order chi connectivity index (χ1) is 9.54. The maximum absolute atomic E-state index is 10.7. The Morgan fingerprint density at radius 2 is 2.15 bits per heavy atom. The summed E-state index contributed by atoms with van der Waals surface area (Å²) in [6, 6.07) is 4.28. The van der Waals surface area contributed by atoms with Gasteiger partial charge in [-0.2, -0.15) is 0 Å². The number of fused-ring (bicyclic) bond motifs is 1. The van der Waals surface area contributed by atoms with E-state index < -0.39 is 10.9 Å². The van der Waals surface area contributed by atoms with E-state index in [1.54, 1.807) is 6.07 Å². The van der Waals surface area contributed by atoms with Crippen molar-refractivity contribution in [2.45, 2.75) is 0 Å². The van der Waals surface area contributed by atoms with Gasteiger partial charge in [0.25, 0.3) is 5.69 Å². The van der Waals surface area contributed by atoms with Crippen LogP contribution in [0.3, 0.4) is 0 Å². The molecule has 3 rings (SSSR count). The Kier molecular flexibility index (Phi) is 2.70. The van der Waals surface area contributed by atoms with Crippen LogP contribution in [0.25, 0.3) is 11.0 Å². The average Bonchev–Trinajstić information content (AvgIpc) is 2.35. The summed E-state index contributed by atoms with van der Waals surface area (Å²) in [5, 5.41) is 19.5. The first-order valence-electron chi connectivity index (χ1n) is 5.93. The number of carboxylic acid groups (broad SMARTS) is 1. The quantitative estimate of drug-likeness (QED) is 0.658. The minimum atomic E-state index is -0.814. The van der Waals surface area contributed by atoms with E-state index in [4.69, 9.17) is 5.11 Å². The van der Waals surface area contributed by atoms with Crippen LogP contribution >= 0.6 is 0 Å². The van der Waals surface area contributed by atoms with Crippen LogP contribution in [-0.2, 0) is 4.79 Å². The van der Waals surface area contributed by atoms with Crippen molar-refractivity contribution in [1.82, 2.24) is 9.97 Å². The van der Waals surface area contributed by atoms with Crippen molar-refractivity contribution in [1.29, 1.82) is 0 Å². The average molecular weight is 274 g/mol. The lowest BCUT2D eigenvalue weighted by atomic mass is 10.0. The van der Waals surface area contributed by atoms with E-state index in [9.17, 15) is 14.9 Å². The smallest absolute Gasteiger partial charge is 0.310 e. The maximum atomic E-state index is 10.7. The molecule has 0 unspecified atom stereocenters. The van der Waals surface area contributed by atoms with Crippen LogP contribution < -0.4 is 4.90 Å². The van der Waals surface area contributed by atoms with Crippen molar-refractivity contribution in [2.75, 3.05) is 18.0 Å². The lowest BCUT2D eigenvalue weighted by Gasteiger charge is -2.37. The summed E-state index contributed by atoms with van der Waals surface area (Å²) >= 11 is 0. The third-order valence-corrected chi connectivity index (χ3v) is 3.28. The van der Waals surface area contributed by atoms with Crippen LogP contribution in [0, 0.1) is 16.0 Å². The molecule has 0 spiro atoms. The molecular weight excluding hydrogens is 264 g/mol. The molecule has 1 saturated heterocycles. The molecule has 0 aliphatic carbocycles. The predicted octanol–water partition coefficient (Wildman–Crippen LogP) is 1.06. The Labute approximate surface area is 112 Å². The van der Waals surface area contributed by atoms with Gasteiger partial charge in [0.2, 0.25) is 0 Å². The number of aromatic nitrogens is 2. The molecule has 1 aliphatic heterocycles. The zero-order chi connectivity index (χ0) is 14.3. The van der Waals surface area contributed by atoms with Gasteiger partial charge >= 0.3 is 5.97 Å². The number of hydrogen-bond donors (Lipinski definition) is 1. The second-order valence-corrected chi connectivity index (χ2v) is 4.60. The Morgan fingerprint density at radius 1 is 1.40 bits per heavy atom.